The molecule has 100 valence electrons. The molecule has 0 spiro atoms. The minimum atomic E-state index is -0.907. The molecule has 0 aliphatic rings. The zero-order valence-corrected chi connectivity index (χ0v) is 10.6. The molecule has 0 aliphatic heterocycles. The van der Waals surface area contributed by atoms with E-state index in [0.717, 1.165) is 11.6 Å². The average molecular weight is 263 g/mol. The van der Waals surface area contributed by atoms with Gasteiger partial charge in [0.15, 0.2) is 11.6 Å². The topological polar surface area (TPSA) is 42.2 Å². The number of nitrogen functional groups attached to an aromatic ring is 1. The summed E-state index contributed by atoms with van der Waals surface area (Å²) in [6, 6.07) is 6.07. The minimum Gasteiger partial charge on any atom is -0.397 e. The van der Waals surface area contributed by atoms with Crippen LogP contribution in [0.2, 0.25) is 0 Å². The van der Waals surface area contributed by atoms with E-state index in [9.17, 15) is 8.78 Å². The van der Waals surface area contributed by atoms with Crippen molar-refractivity contribution < 1.29 is 8.78 Å². The van der Waals surface area contributed by atoms with Gasteiger partial charge in [0.05, 0.1) is 11.4 Å². The van der Waals surface area contributed by atoms with Gasteiger partial charge < -0.3 is 10.6 Å². The predicted octanol–water partition coefficient (Wildman–Crippen LogP) is 2.97. The van der Waals surface area contributed by atoms with Crippen LogP contribution < -0.4 is 10.6 Å². The zero-order valence-electron chi connectivity index (χ0n) is 10.6. The molecular weight excluding hydrogens is 248 g/mol. The van der Waals surface area contributed by atoms with E-state index in [1.165, 1.54) is 6.07 Å². The fraction of sp³-hybridized carbons (Fsp3) is 0.214. The summed E-state index contributed by atoms with van der Waals surface area (Å²) < 4.78 is 27.2. The van der Waals surface area contributed by atoms with Crippen molar-refractivity contribution in [1.82, 2.24) is 4.98 Å². The number of pyridine rings is 1. The Bertz CT molecular complexity index is 558. The lowest BCUT2D eigenvalue weighted by molar-refractivity contribution is 0.506. The summed E-state index contributed by atoms with van der Waals surface area (Å²) in [5, 5.41) is 0. The largest absolute Gasteiger partial charge is 0.397 e. The number of anilines is 2. The van der Waals surface area contributed by atoms with E-state index in [2.05, 4.69) is 4.98 Å². The van der Waals surface area contributed by atoms with Crippen molar-refractivity contribution in [3.63, 3.8) is 0 Å². The third kappa shape index (κ3) is 2.81. The van der Waals surface area contributed by atoms with Gasteiger partial charge in [-0.15, -0.1) is 0 Å². The SMILES string of the molecule is CCN(Cc1ccncc1)c1c(N)ccc(F)c1F. The average Bonchev–Trinajstić information content (AvgIpc) is 2.43. The minimum absolute atomic E-state index is 0.110. The smallest absolute Gasteiger partial charge is 0.184 e. The first kappa shape index (κ1) is 13.3. The molecular formula is C14H15F2N3. The van der Waals surface area contributed by atoms with E-state index in [1.54, 1.807) is 17.3 Å². The maximum atomic E-state index is 13.9. The number of halogens is 2. The number of rotatable bonds is 4. The van der Waals surface area contributed by atoms with E-state index < -0.39 is 11.6 Å². The Morgan fingerprint density at radius 1 is 1.16 bits per heavy atom. The first-order valence-corrected chi connectivity index (χ1v) is 6.00. The zero-order chi connectivity index (χ0) is 13.8. The summed E-state index contributed by atoms with van der Waals surface area (Å²) in [4.78, 5) is 5.62. The highest BCUT2D eigenvalue weighted by Crippen LogP contribution is 2.29. The maximum Gasteiger partial charge on any atom is 0.184 e. The summed E-state index contributed by atoms with van der Waals surface area (Å²) in [7, 11) is 0. The molecule has 0 fully saturated rings. The second-order valence-corrected chi connectivity index (χ2v) is 4.17. The third-order valence-electron chi connectivity index (χ3n) is 2.92. The lowest BCUT2D eigenvalue weighted by Gasteiger charge is -2.25. The number of nitrogens with zero attached hydrogens (tertiary/aromatic N) is 2. The molecule has 0 saturated heterocycles. The van der Waals surface area contributed by atoms with Crippen LogP contribution >= 0.6 is 0 Å². The van der Waals surface area contributed by atoms with Crippen molar-refractivity contribution >= 4 is 11.4 Å². The van der Waals surface area contributed by atoms with Crippen molar-refractivity contribution in [3.8, 4) is 0 Å². The third-order valence-corrected chi connectivity index (χ3v) is 2.92. The molecule has 2 N–H and O–H groups in total. The first-order chi connectivity index (χ1) is 9.13. The summed E-state index contributed by atoms with van der Waals surface area (Å²) in [5.74, 6) is -1.80. The summed E-state index contributed by atoms with van der Waals surface area (Å²) in [6.07, 6.45) is 3.32. The van der Waals surface area contributed by atoms with Crippen molar-refractivity contribution in [3.05, 3.63) is 53.9 Å². The molecule has 5 heteroatoms. The van der Waals surface area contributed by atoms with E-state index in [-0.39, 0.29) is 11.4 Å². The van der Waals surface area contributed by atoms with Crippen molar-refractivity contribution in [2.75, 3.05) is 17.2 Å². The Balaban J connectivity index is 2.35. The normalized spacial score (nSPS) is 10.5. The fourth-order valence-electron chi connectivity index (χ4n) is 1.93. The predicted molar refractivity (Wildman–Crippen MR) is 71.7 cm³/mol. The number of benzene rings is 1. The van der Waals surface area contributed by atoms with Crippen LogP contribution in [0, 0.1) is 11.6 Å². The molecule has 0 bridgehead atoms. The summed E-state index contributed by atoms with van der Waals surface area (Å²) >= 11 is 0. The van der Waals surface area contributed by atoms with Gasteiger partial charge in [0.2, 0.25) is 0 Å². The fourth-order valence-corrected chi connectivity index (χ4v) is 1.93. The molecule has 1 aromatic carbocycles. The molecule has 0 amide bonds. The molecule has 0 saturated carbocycles. The van der Waals surface area contributed by atoms with E-state index >= 15 is 0 Å². The van der Waals surface area contributed by atoms with Crippen LogP contribution in [0.25, 0.3) is 0 Å². The van der Waals surface area contributed by atoms with Gasteiger partial charge in [0, 0.05) is 25.5 Å². The highest BCUT2D eigenvalue weighted by atomic mass is 19.2. The summed E-state index contributed by atoms with van der Waals surface area (Å²) in [5.41, 5.74) is 7.06. The van der Waals surface area contributed by atoms with E-state index in [4.69, 9.17) is 5.73 Å². The van der Waals surface area contributed by atoms with Crippen LogP contribution in [0.1, 0.15) is 12.5 Å². The number of hydrogen-bond acceptors (Lipinski definition) is 3. The van der Waals surface area contributed by atoms with Crippen LogP contribution in [0.5, 0.6) is 0 Å². The van der Waals surface area contributed by atoms with Crippen molar-refractivity contribution in [1.29, 1.82) is 0 Å². The molecule has 0 unspecified atom stereocenters. The maximum absolute atomic E-state index is 13.9. The monoisotopic (exact) mass is 263 g/mol. The van der Waals surface area contributed by atoms with E-state index in [1.807, 2.05) is 19.1 Å². The van der Waals surface area contributed by atoms with Gasteiger partial charge in [0.1, 0.15) is 0 Å². The Hall–Kier alpha value is -2.17. The van der Waals surface area contributed by atoms with E-state index in [0.29, 0.717) is 13.1 Å². The van der Waals surface area contributed by atoms with Crippen LogP contribution in [-0.2, 0) is 6.54 Å². The molecule has 0 radical (unpaired) electrons. The Morgan fingerprint density at radius 2 is 1.84 bits per heavy atom. The highest BCUT2D eigenvalue weighted by molar-refractivity contribution is 5.68. The molecule has 19 heavy (non-hydrogen) atoms. The van der Waals surface area contributed by atoms with Gasteiger partial charge in [-0.2, -0.15) is 0 Å². The Labute approximate surface area is 110 Å². The Morgan fingerprint density at radius 3 is 2.47 bits per heavy atom. The lowest BCUT2D eigenvalue weighted by atomic mass is 10.2. The highest BCUT2D eigenvalue weighted by Gasteiger charge is 2.17. The first-order valence-electron chi connectivity index (χ1n) is 6.00. The molecule has 1 aromatic heterocycles. The lowest BCUT2D eigenvalue weighted by Crippen LogP contribution is -2.24. The molecule has 3 nitrogen and oxygen atoms in total. The van der Waals surface area contributed by atoms with Crippen molar-refractivity contribution in [2.24, 2.45) is 0 Å². The van der Waals surface area contributed by atoms with Gasteiger partial charge >= 0.3 is 0 Å². The van der Waals surface area contributed by atoms with Gasteiger partial charge in [-0.25, -0.2) is 8.78 Å². The number of hydrogen-bond donors (Lipinski definition) is 1. The Kier molecular flexibility index (Phi) is 3.94. The van der Waals surface area contributed by atoms with Gasteiger partial charge in [-0.1, -0.05) is 0 Å². The molecule has 2 rings (SSSR count). The summed E-state index contributed by atoms with van der Waals surface area (Å²) in [6.45, 7) is 2.83. The standard InChI is InChI=1S/C14H15F2N3/c1-2-19(9-10-5-7-18-8-6-10)14-12(17)4-3-11(15)13(14)16/h3-8H,2,9,17H2,1H3. The van der Waals surface area contributed by atoms with Gasteiger partial charge in [0.25, 0.3) is 0 Å². The quantitative estimate of drug-likeness (QED) is 0.862. The second-order valence-electron chi connectivity index (χ2n) is 4.17. The number of aromatic nitrogens is 1. The van der Waals surface area contributed by atoms with Crippen LogP contribution in [0.15, 0.2) is 36.7 Å². The van der Waals surface area contributed by atoms with Crippen molar-refractivity contribution in [2.45, 2.75) is 13.5 Å². The molecule has 0 atom stereocenters. The van der Waals surface area contributed by atoms with Gasteiger partial charge in [-0.3, -0.25) is 4.98 Å². The van der Waals surface area contributed by atoms with Crippen LogP contribution in [0.4, 0.5) is 20.2 Å². The van der Waals surface area contributed by atoms with Crippen LogP contribution in [-0.4, -0.2) is 11.5 Å². The molecule has 2 aromatic rings. The molecule has 0 aliphatic carbocycles. The number of nitrogens with two attached hydrogens (primary N) is 1. The second kappa shape index (κ2) is 5.65. The van der Waals surface area contributed by atoms with Crippen LogP contribution in [0.3, 0.4) is 0 Å². The van der Waals surface area contributed by atoms with Gasteiger partial charge in [-0.05, 0) is 36.8 Å². The molecule has 1 heterocycles.